The highest BCUT2D eigenvalue weighted by atomic mass is 32.2. The molecule has 0 radical (unpaired) electrons. The lowest BCUT2D eigenvalue weighted by Gasteiger charge is -2.04. The third-order valence-electron chi connectivity index (χ3n) is 2.92. The van der Waals surface area contributed by atoms with E-state index in [1.807, 2.05) is 6.07 Å². The lowest BCUT2D eigenvalue weighted by atomic mass is 10.2. The van der Waals surface area contributed by atoms with Crippen LogP contribution in [0, 0.1) is 11.3 Å². The second-order valence-electron chi connectivity index (χ2n) is 4.63. The van der Waals surface area contributed by atoms with Crippen molar-refractivity contribution in [3.8, 4) is 6.07 Å². The number of nitrogens with zero attached hydrogens (tertiary/aromatic N) is 1. The zero-order valence-electron chi connectivity index (χ0n) is 11.2. The van der Waals surface area contributed by atoms with Gasteiger partial charge < -0.3 is 0 Å². The van der Waals surface area contributed by atoms with Crippen LogP contribution in [0.5, 0.6) is 0 Å². The number of hydrogen-bond acceptors (Lipinski definition) is 4. The zero-order chi connectivity index (χ0) is 15.3. The summed E-state index contributed by atoms with van der Waals surface area (Å²) in [6.45, 7) is 0. The highest BCUT2D eigenvalue weighted by Gasteiger charge is 2.18. The van der Waals surface area contributed by atoms with Crippen molar-refractivity contribution in [2.24, 2.45) is 0 Å². The van der Waals surface area contributed by atoms with Crippen LogP contribution in [0.15, 0.2) is 54.6 Å². The van der Waals surface area contributed by atoms with Gasteiger partial charge in [0.2, 0.25) is 0 Å². The minimum absolute atomic E-state index is 0.211. The molecule has 0 saturated heterocycles. The third-order valence-corrected chi connectivity index (χ3v) is 4.39. The van der Waals surface area contributed by atoms with Gasteiger partial charge in [-0.1, -0.05) is 42.5 Å². The fraction of sp³-hybridized carbons (Fsp3) is 0.125. The minimum Gasteiger partial charge on any atom is -0.293 e. The Bertz CT molecular complexity index is 773. The second-order valence-corrected chi connectivity index (χ2v) is 6.69. The van der Waals surface area contributed by atoms with Crippen LogP contribution in [0.25, 0.3) is 0 Å². The molecular formula is C16H13NO3S. The number of Topliss-reactive ketones (excluding diaryl/α,β-unsaturated/α-hetero) is 1. The molecule has 106 valence electrons. The second kappa shape index (κ2) is 6.33. The summed E-state index contributed by atoms with van der Waals surface area (Å²) in [5.41, 5.74) is 1.42. The first kappa shape index (κ1) is 14.9. The molecule has 0 spiro atoms. The summed E-state index contributed by atoms with van der Waals surface area (Å²) in [5, 5.41) is 8.69. The summed E-state index contributed by atoms with van der Waals surface area (Å²) in [5.74, 6) is -1.14. The van der Waals surface area contributed by atoms with E-state index in [4.69, 9.17) is 5.26 Å². The Labute approximate surface area is 123 Å². The SMILES string of the molecule is N#Cc1ccc(CS(=O)(=O)CC(=O)c2ccccc2)cc1. The van der Waals surface area contributed by atoms with Crippen LogP contribution in [0.4, 0.5) is 0 Å². The summed E-state index contributed by atoms with van der Waals surface area (Å²) >= 11 is 0. The summed E-state index contributed by atoms with van der Waals surface area (Å²) in [7, 11) is -3.53. The van der Waals surface area contributed by atoms with Gasteiger partial charge >= 0.3 is 0 Å². The molecular weight excluding hydrogens is 286 g/mol. The Morgan fingerprint density at radius 1 is 1.00 bits per heavy atom. The van der Waals surface area contributed by atoms with Gasteiger partial charge in [0.15, 0.2) is 15.6 Å². The number of benzene rings is 2. The van der Waals surface area contributed by atoms with Gasteiger partial charge in [-0.15, -0.1) is 0 Å². The van der Waals surface area contributed by atoms with Gasteiger partial charge in [-0.25, -0.2) is 8.42 Å². The molecule has 2 aromatic rings. The zero-order valence-corrected chi connectivity index (χ0v) is 12.0. The van der Waals surface area contributed by atoms with Crippen molar-refractivity contribution in [3.63, 3.8) is 0 Å². The van der Waals surface area contributed by atoms with E-state index >= 15 is 0 Å². The van der Waals surface area contributed by atoms with Crippen LogP contribution in [0.2, 0.25) is 0 Å². The molecule has 0 amide bonds. The predicted octanol–water partition coefficient (Wildman–Crippen LogP) is 2.36. The monoisotopic (exact) mass is 299 g/mol. The molecule has 4 nitrogen and oxygen atoms in total. The number of carbonyl (C=O) groups excluding carboxylic acids is 1. The maximum Gasteiger partial charge on any atom is 0.177 e. The number of carbonyl (C=O) groups is 1. The average Bonchev–Trinajstić information content (AvgIpc) is 2.48. The molecule has 0 N–H and O–H groups in total. The van der Waals surface area contributed by atoms with Crippen LogP contribution < -0.4 is 0 Å². The van der Waals surface area contributed by atoms with Gasteiger partial charge in [-0.3, -0.25) is 4.79 Å². The van der Waals surface area contributed by atoms with E-state index in [1.54, 1.807) is 54.6 Å². The van der Waals surface area contributed by atoms with Crippen LogP contribution in [-0.4, -0.2) is 20.0 Å². The van der Waals surface area contributed by atoms with E-state index in [2.05, 4.69) is 0 Å². The summed E-state index contributed by atoms with van der Waals surface area (Å²) < 4.78 is 24.1. The largest absolute Gasteiger partial charge is 0.293 e. The molecule has 2 rings (SSSR count). The predicted molar refractivity (Wildman–Crippen MR) is 79.4 cm³/mol. The Balaban J connectivity index is 2.08. The first-order valence-corrected chi connectivity index (χ1v) is 8.10. The molecule has 0 aromatic heterocycles. The smallest absolute Gasteiger partial charge is 0.177 e. The number of rotatable bonds is 5. The fourth-order valence-corrected chi connectivity index (χ4v) is 3.26. The van der Waals surface area contributed by atoms with E-state index in [0.29, 0.717) is 16.7 Å². The Morgan fingerprint density at radius 2 is 1.62 bits per heavy atom. The molecule has 0 aliphatic carbocycles. The molecule has 0 fully saturated rings. The van der Waals surface area contributed by atoms with E-state index < -0.39 is 21.4 Å². The number of sulfone groups is 1. The van der Waals surface area contributed by atoms with Crippen molar-refractivity contribution < 1.29 is 13.2 Å². The van der Waals surface area contributed by atoms with Gasteiger partial charge in [-0.05, 0) is 17.7 Å². The molecule has 21 heavy (non-hydrogen) atoms. The Morgan fingerprint density at radius 3 is 2.19 bits per heavy atom. The van der Waals surface area contributed by atoms with Crippen molar-refractivity contribution in [2.45, 2.75) is 5.75 Å². The number of hydrogen-bond donors (Lipinski definition) is 0. The standard InChI is InChI=1S/C16H13NO3S/c17-10-13-6-8-14(9-7-13)11-21(19,20)12-16(18)15-4-2-1-3-5-15/h1-9H,11-12H2. The molecule has 5 heteroatoms. The highest BCUT2D eigenvalue weighted by molar-refractivity contribution is 7.91. The number of nitriles is 1. The molecule has 0 unspecified atom stereocenters. The van der Waals surface area contributed by atoms with Gasteiger partial charge in [0, 0.05) is 5.56 Å². The lowest BCUT2D eigenvalue weighted by Crippen LogP contribution is -2.17. The molecule has 0 aliphatic rings. The van der Waals surface area contributed by atoms with E-state index in [-0.39, 0.29) is 5.75 Å². The van der Waals surface area contributed by atoms with Gasteiger partial charge in [0.05, 0.1) is 17.4 Å². The lowest BCUT2D eigenvalue weighted by molar-refractivity contribution is 0.102. The average molecular weight is 299 g/mol. The Kier molecular flexibility index (Phi) is 4.51. The normalized spacial score (nSPS) is 10.8. The Hall–Kier alpha value is -2.45. The quantitative estimate of drug-likeness (QED) is 0.794. The van der Waals surface area contributed by atoms with Gasteiger partial charge in [0.25, 0.3) is 0 Å². The molecule has 0 atom stereocenters. The highest BCUT2D eigenvalue weighted by Crippen LogP contribution is 2.10. The summed E-state index contributed by atoms with van der Waals surface area (Å²) in [4.78, 5) is 11.9. The summed E-state index contributed by atoms with van der Waals surface area (Å²) in [6, 6.07) is 16.6. The van der Waals surface area contributed by atoms with Crippen LogP contribution in [0.1, 0.15) is 21.5 Å². The maximum atomic E-state index is 12.1. The van der Waals surface area contributed by atoms with Crippen LogP contribution >= 0.6 is 0 Å². The molecule has 0 heterocycles. The van der Waals surface area contributed by atoms with E-state index in [0.717, 1.165) is 0 Å². The van der Waals surface area contributed by atoms with Crippen molar-refractivity contribution >= 4 is 15.6 Å². The first-order valence-electron chi connectivity index (χ1n) is 6.28. The molecule has 0 saturated carbocycles. The van der Waals surface area contributed by atoms with E-state index in [1.165, 1.54) is 0 Å². The van der Waals surface area contributed by atoms with Gasteiger partial charge in [-0.2, -0.15) is 5.26 Å². The minimum atomic E-state index is -3.53. The summed E-state index contributed by atoms with van der Waals surface area (Å²) in [6.07, 6.45) is 0. The molecule has 0 bridgehead atoms. The third kappa shape index (κ3) is 4.26. The fourth-order valence-electron chi connectivity index (χ4n) is 1.89. The van der Waals surface area contributed by atoms with Crippen LogP contribution in [-0.2, 0) is 15.6 Å². The topological polar surface area (TPSA) is 75.0 Å². The number of ketones is 1. The van der Waals surface area contributed by atoms with Crippen molar-refractivity contribution in [3.05, 3.63) is 71.3 Å². The maximum absolute atomic E-state index is 12.1. The van der Waals surface area contributed by atoms with Crippen molar-refractivity contribution in [1.29, 1.82) is 5.26 Å². The van der Waals surface area contributed by atoms with Crippen molar-refractivity contribution in [2.75, 3.05) is 5.75 Å². The molecule has 2 aromatic carbocycles. The first-order chi connectivity index (χ1) is 10.00. The van der Waals surface area contributed by atoms with Crippen LogP contribution in [0.3, 0.4) is 0 Å². The van der Waals surface area contributed by atoms with Gasteiger partial charge in [0.1, 0.15) is 5.75 Å². The molecule has 0 aliphatic heterocycles. The van der Waals surface area contributed by atoms with E-state index in [9.17, 15) is 13.2 Å². The van der Waals surface area contributed by atoms with Crippen molar-refractivity contribution in [1.82, 2.24) is 0 Å².